The molecule has 0 aliphatic heterocycles. The summed E-state index contributed by atoms with van der Waals surface area (Å²) in [5.74, 6) is -0.768. The van der Waals surface area contributed by atoms with Crippen molar-refractivity contribution < 1.29 is 28.6 Å². The van der Waals surface area contributed by atoms with Crippen LogP contribution in [0.1, 0.15) is 57.6 Å². The van der Waals surface area contributed by atoms with Gasteiger partial charge in [-0.3, -0.25) is 14.2 Å². The van der Waals surface area contributed by atoms with Crippen molar-refractivity contribution in [2.75, 3.05) is 27.4 Å². The van der Waals surface area contributed by atoms with E-state index >= 15 is 0 Å². The molecule has 1 aromatic heterocycles. The summed E-state index contributed by atoms with van der Waals surface area (Å²) in [5.41, 5.74) is 2.41. The molecule has 0 atom stereocenters. The lowest BCUT2D eigenvalue weighted by Gasteiger charge is -2.19. The zero-order chi connectivity index (χ0) is 24.6. The minimum Gasteiger partial charge on any atom is -0.460 e. The van der Waals surface area contributed by atoms with Crippen molar-refractivity contribution in [2.45, 2.75) is 65.4 Å². The maximum absolute atomic E-state index is 12.6. The molecule has 2 rings (SSSR count). The number of carbonyl (C=O) groups excluding carboxylic acids is 3. The molecule has 8 nitrogen and oxygen atoms in total. The number of hydrogen-bond acceptors (Lipinski definition) is 7. The Balaban J connectivity index is 1.82. The van der Waals surface area contributed by atoms with Crippen molar-refractivity contribution >= 4 is 28.9 Å². The number of aryl methyl sites for hydroxylation is 1. The van der Waals surface area contributed by atoms with Crippen LogP contribution in [0.15, 0.2) is 24.4 Å². The second-order valence-corrected chi connectivity index (χ2v) is 9.44. The third-order valence-corrected chi connectivity index (χ3v) is 4.90. The summed E-state index contributed by atoms with van der Waals surface area (Å²) in [5, 5.41) is 1.01. The highest BCUT2D eigenvalue weighted by Gasteiger charge is 2.17. The fourth-order valence-electron chi connectivity index (χ4n) is 3.32. The predicted molar refractivity (Wildman–Crippen MR) is 126 cm³/mol. The van der Waals surface area contributed by atoms with E-state index in [9.17, 15) is 14.4 Å². The van der Waals surface area contributed by atoms with Gasteiger partial charge in [-0.25, -0.2) is 4.79 Å². The Bertz CT molecular complexity index is 971. The normalized spacial score (nSPS) is 11.6. The fourth-order valence-corrected chi connectivity index (χ4v) is 3.32. The van der Waals surface area contributed by atoms with Crippen LogP contribution in [-0.2, 0) is 30.2 Å². The molecule has 0 aliphatic rings. The molecule has 182 valence electrons. The third-order valence-electron chi connectivity index (χ3n) is 4.90. The van der Waals surface area contributed by atoms with Gasteiger partial charge >= 0.3 is 18.0 Å². The van der Waals surface area contributed by atoms with Crippen LogP contribution >= 0.6 is 0 Å². The van der Waals surface area contributed by atoms with E-state index in [4.69, 9.17) is 14.2 Å². The number of unbranched alkanes of at least 4 members (excludes halogenated alkanes) is 1. The van der Waals surface area contributed by atoms with Crippen molar-refractivity contribution in [3.63, 3.8) is 0 Å². The van der Waals surface area contributed by atoms with Gasteiger partial charge in [-0.15, -0.1) is 0 Å². The van der Waals surface area contributed by atoms with Gasteiger partial charge < -0.3 is 19.1 Å². The second kappa shape index (κ2) is 11.8. The van der Waals surface area contributed by atoms with Crippen LogP contribution in [-0.4, -0.2) is 60.5 Å². The number of esters is 2. The first-order valence-electron chi connectivity index (χ1n) is 11.3. The van der Waals surface area contributed by atoms with E-state index in [1.807, 2.05) is 53.9 Å². The lowest BCUT2D eigenvalue weighted by Crippen LogP contribution is -2.23. The van der Waals surface area contributed by atoms with Gasteiger partial charge in [-0.1, -0.05) is 11.6 Å². The molecule has 0 radical (unpaired) electrons. The third kappa shape index (κ3) is 8.88. The Labute approximate surface area is 195 Å². The fraction of sp³-hybridized carbons (Fsp3) is 0.560. The van der Waals surface area contributed by atoms with Crippen molar-refractivity contribution in [1.29, 1.82) is 0 Å². The first-order chi connectivity index (χ1) is 15.5. The smallest absolute Gasteiger partial charge is 0.421 e. The molecule has 33 heavy (non-hydrogen) atoms. The molecule has 2 aromatic rings. The molecule has 0 spiro atoms. The number of ether oxygens (including phenoxy) is 3. The quantitative estimate of drug-likeness (QED) is 0.294. The zero-order valence-corrected chi connectivity index (χ0v) is 20.6. The van der Waals surface area contributed by atoms with Crippen LogP contribution in [0.25, 0.3) is 10.9 Å². The molecule has 0 aliphatic carbocycles. The summed E-state index contributed by atoms with van der Waals surface area (Å²) in [7, 11) is 4.01. The van der Waals surface area contributed by atoms with Gasteiger partial charge in [0.25, 0.3) is 0 Å². The zero-order valence-electron chi connectivity index (χ0n) is 20.6. The average molecular weight is 461 g/mol. The van der Waals surface area contributed by atoms with Crippen molar-refractivity contribution in [3.8, 4) is 0 Å². The lowest BCUT2D eigenvalue weighted by molar-refractivity contribution is -0.156. The highest BCUT2D eigenvalue weighted by Crippen LogP contribution is 2.24. The van der Waals surface area contributed by atoms with Crippen LogP contribution in [0, 0.1) is 6.92 Å². The van der Waals surface area contributed by atoms with E-state index in [0.717, 1.165) is 35.0 Å². The van der Waals surface area contributed by atoms with Gasteiger partial charge in [-0.2, -0.15) is 0 Å². The molecule has 0 N–H and O–H groups in total. The Hall–Kier alpha value is -2.87. The molecule has 0 saturated carbocycles. The van der Waals surface area contributed by atoms with E-state index in [2.05, 4.69) is 11.0 Å². The maximum atomic E-state index is 12.6. The Morgan fingerprint density at radius 1 is 1.00 bits per heavy atom. The lowest BCUT2D eigenvalue weighted by atomic mass is 10.1. The summed E-state index contributed by atoms with van der Waals surface area (Å²) in [6.45, 7) is 7.84. The Kier molecular flexibility index (Phi) is 9.46. The van der Waals surface area contributed by atoms with Gasteiger partial charge in [0.2, 0.25) is 6.79 Å². The van der Waals surface area contributed by atoms with Gasteiger partial charge in [0, 0.05) is 31.0 Å². The summed E-state index contributed by atoms with van der Waals surface area (Å²) in [4.78, 5) is 38.3. The second-order valence-electron chi connectivity index (χ2n) is 9.44. The number of hydrogen-bond donors (Lipinski definition) is 0. The highest BCUT2D eigenvalue weighted by molar-refractivity contribution is 5.92. The molecule has 1 heterocycles. The maximum Gasteiger partial charge on any atom is 0.421 e. The molecule has 0 bridgehead atoms. The minimum absolute atomic E-state index is 0.140. The van der Waals surface area contributed by atoms with Crippen molar-refractivity contribution in [2.24, 2.45) is 0 Å². The predicted octanol–water partition coefficient (Wildman–Crippen LogP) is 4.44. The van der Waals surface area contributed by atoms with Gasteiger partial charge in [-0.05, 0) is 78.7 Å². The van der Waals surface area contributed by atoms with E-state index in [-0.39, 0.29) is 18.8 Å². The van der Waals surface area contributed by atoms with Gasteiger partial charge in [0.15, 0.2) is 0 Å². The number of benzene rings is 1. The highest BCUT2D eigenvalue weighted by atomic mass is 16.7. The number of aromatic nitrogens is 1. The molecule has 0 amide bonds. The molecule has 0 fully saturated rings. The van der Waals surface area contributed by atoms with Crippen molar-refractivity contribution in [1.82, 2.24) is 9.47 Å². The first-order valence-corrected chi connectivity index (χ1v) is 11.3. The summed E-state index contributed by atoms with van der Waals surface area (Å²) >= 11 is 0. The molecular formula is C25H36N2O6. The minimum atomic E-state index is -0.599. The van der Waals surface area contributed by atoms with Crippen LogP contribution in [0.3, 0.4) is 0 Å². The Morgan fingerprint density at radius 2 is 1.67 bits per heavy atom. The number of likely N-dealkylation sites (N-methyl/N-ethyl adjacent to an activating group) is 1. The van der Waals surface area contributed by atoms with E-state index in [1.165, 1.54) is 4.57 Å². The SMILES string of the molecule is Cc1ccc2c(c1)c(CCN(C)C)cn2C(=O)OCOC(=O)CCCCC(=O)OC(C)(C)C. The van der Waals surface area contributed by atoms with Crippen LogP contribution in [0.5, 0.6) is 0 Å². The molecule has 0 saturated heterocycles. The Morgan fingerprint density at radius 3 is 2.30 bits per heavy atom. The molecule has 8 heteroatoms. The van der Waals surface area contributed by atoms with Crippen molar-refractivity contribution in [3.05, 3.63) is 35.5 Å². The molecule has 0 unspecified atom stereocenters. The van der Waals surface area contributed by atoms with Gasteiger partial charge in [0.1, 0.15) is 5.60 Å². The summed E-state index contributed by atoms with van der Waals surface area (Å²) in [6, 6.07) is 5.89. The van der Waals surface area contributed by atoms with E-state index in [0.29, 0.717) is 12.8 Å². The largest absolute Gasteiger partial charge is 0.460 e. The summed E-state index contributed by atoms with van der Waals surface area (Å²) in [6.07, 6.45) is 3.38. The number of rotatable bonds is 10. The standard InChI is InChI=1S/C25H36N2O6/c1-18-11-12-21-20(15-18)19(13-14-26(5)6)16-27(21)24(30)32-17-31-22(28)9-7-8-10-23(29)33-25(2,3)4/h11-12,15-16H,7-10,13-14,17H2,1-6H3. The number of fused-ring (bicyclic) bond motifs is 1. The van der Waals surface area contributed by atoms with E-state index < -0.39 is 24.5 Å². The van der Waals surface area contributed by atoms with Crippen LogP contribution < -0.4 is 0 Å². The molecule has 1 aromatic carbocycles. The topological polar surface area (TPSA) is 87.1 Å². The van der Waals surface area contributed by atoms with E-state index in [1.54, 1.807) is 6.20 Å². The first kappa shape index (κ1) is 26.4. The monoisotopic (exact) mass is 460 g/mol. The number of carbonyl (C=O) groups is 3. The number of nitrogens with zero attached hydrogens (tertiary/aromatic N) is 2. The van der Waals surface area contributed by atoms with Crippen LogP contribution in [0.2, 0.25) is 0 Å². The van der Waals surface area contributed by atoms with Crippen LogP contribution in [0.4, 0.5) is 4.79 Å². The average Bonchev–Trinajstić information content (AvgIpc) is 3.06. The summed E-state index contributed by atoms with van der Waals surface area (Å²) < 4.78 is 16.9. The molecular weight excluding hydrogens is 424 g/mol. The van der Waals surface area contributed by atoms with Gasteiger partial charge in [0.05, 0.1) is 5.52 Å².